The fourth-order valence-electron chi connectivity index (χ4n) is 2.44. The van der Waals surface area contributed by atoms with Gasteiger partial charge in [-0.2, -0.15) is 5.10 Å². The molecule has 0 amide bonds. The summed E-state index contributed by atoms with van der Waals surface area (Å²) in [6.07, 6.45) is 0.737. The predicted molar refractivity (Wildman–Crippen MR) is 86.3 cm³/mol. The second kappa shape index (κ2) is 6.08. The molecule has 1 heterocycles. The Labute approximate surface area is 130 Å². The van der Waals surface area contributed by atoms with E-state index < -0.39 is 0 Å². The van der Waals surface area contributed by atoms with Gasteiger partial charge in [0, 0.05) is 23.7 Å². The molecule has 4 nitrogen and oxygen atoms in total. The number of rotatable bonds is 4. The van der Waals surface area contributed by atoms with Gasteiger partial charge in [-0.3, -0.25) is 0 Å². The molecule has 1 aromatic carbocycles. The highest BCUT2D eigenvalue weighted by Gasteiger charge is 2.17. The lowest BCUT2D eigenvalue weighted by molar-refractivity contribution is 0.424. The van der Waals surface area contributed by atoms with Gasteiger partial charge in [0.05, 0.1) is 5.69 Å². The van der Waals surface area contributed by atoms with Crippen LogP contribution in [0.1, 0.15) is 29.3 Å². The normalized spacial score (nSPS) is 12.5. The number of ether oxygens (including phenoxy) is 1. The van der Waals surface area contributed by atoms with Crippen LogP contribution in [0.5, 0.6) is 11.6 Å². The zero-order valence-corrected chi connectivity index (χ0v) is 14.0. The zero-order chi connectivity index (χ0) is 15.7. The van der Waals surface area contributed by atoms with Crippen molar-refractivity contribution in [2.24, 2.45) is 12.8 Å². The van der Waals surface area contributed by atoms with E-state index in [0.717, 1.165) is 45.5 Å². The summed E-state index contributed by atoms with van der Waals surface area (Å²) in [6, 6.07) is 3.93. The third-order valence-electron chi connectivity index (χ3n) is 3.44. The molecule has 1 aromatic heterocycles. The van der Waals surface area contributed by atoms with Crippen molar-refractivity contribution in [3.8, 4) is 11.6 Å². The lowest BCUT2D eigenvalue weighted by Crippen LogP contribution is -2.18. The van der Waals surface area contributed by atoms with E-state index >= 15 is 0 Å². The predicted octanol–water partition coefficient (Wildman–Crippen LogP) is 3.68. The molecule has 2 rings (SSSR count). The van der Waals surface area contributed by atoms with E-state index in [2.05, 4.69) is 5.10 Å². The average molecular weight is 308 g/mol. The largest absolute Gasteiger partial charge is 0.439 e. The lowest BCUT2D eigenvalue weighted by Gasteiger charge is -2.12. The van der Waals surface area contributed by atoms with Crippen LogP contribution < -0.4 is 10.5 Å². The number of nitrogens with two attached hydrogens (primary N) is 1. The van der Waals surface area contributed by atoms with Crippen molar-refractivity contribution >= 4 is 11.6 Å². The molecule has 1 atom stereocenters. The smallest absolute Gasteiger partial charge is 0.221 e. The van der Waals surface area contributed by atoms with Gasteiger partial charge >= 0.3 is 0 Å². The van der Waals surface area contributed by atoms with E-state index in [1.165, 1.54) is 0 Å². The molecule has 0 fully saturated rings. The standard InChI is InChI=1S/C16H22ClN3O/c1-9-6-13(7-10(2)15(9)17)21-16-14(8-11(3)18)12(4)19-20(16)5/h6-7,11H,8,18H2,1-5H3. The van der Waals surface area contributed by atoms with Crippen LogP contribution in [-0.4, -0.2) is 15.8 Å². The van der Waals surface area contributed by atoms with Crippen molar-refractivity contribution in [2.75, 3.05) is 0 Å². The van der Waals surface area contributed by atoms with Gasteiger partial charge in [-0.15, -0.1) is 0 Å². The van der Waals surface area contributed by atoms with Gasteiger partial charge < -0.3 is 10.5 Å². The van der Waals surface area contributed by atoms with Crippen molar-refractivity contribution in [3.63, 3.8) is 0 Å². The second-order valence-corrected chi connectivity index (χ2v) is 6.03. The number of benzene rings is 1. The van der Waals surface area contributed by atoms with E-state index in [4.69, 9.17) is 22.1 Å². The van der Waals surface area contributed by atoms with Gasteiger partial charge in [0.25, 0.3) is 0 Å². The summed E-state index contributed by atoms with van der Waals surface area (Å²) in [5, 5.41) is 5.21. The van der Waals surface area contributed by atoms with E-state index in [0.29, 0.717) is 0 Å². The molecule has 0 spiro atoms. The van der Waals surface area contributed by atoms with Gasteiger partial charge in [0.1, 0.15) is 5.75 Å². The Morgan fingerprint density at radius 1 is 1.29 bits per heavy atom. The van der Waals surface area contributed by atoms with E-state index in [-0.39, 0.29) is 6.04 Å². The van der Waals surface area contributed by atoms with Crippen LogP contribution >= 0.6 is 11.6 Å². The molecule has 2 N–H and O–H groups in total. The first kappa shape index (κ1) is 15.9. The molecule has 0 saturated carbocycles. The summed E-state index contributed by atoms with van der Waals surface area (Å²) in [5.74, 6) is 1.51. The Kier molecular flexibility index (Phi) is 4.59. The molecule has 0 aliphatic rings. The minimum Gasteiger partial charge on any atom is -0.439 e. The summed E-state index contributed by atoms with van der Waals surface area (Å²) < 4.78 is 7.82. The topological polar surface area (TPSA) is 53.1 Å². The Balaban J connectivity index is 2.40. The monoisotopic (exact) mass is 307 g/mol. The summed E-state index contributed by atoms with van der Waals surface area (Å²) in [5.41, 5.74) is 9.93. The van der Waals surface area contributed by atoms with E-state index in [1.54, 1.807) is 4.68 Å². The molecule has 114 valence electrons. The minimum atomic E-state index is 0.0592. The van der Waals surface area contributed by atoms with Crippen molar-refractivity contribution < 1.29 is 4.74 Å². The third-order valence-corrected chi connectivity index (χ3v) is 4.04. The number of aryl methyl sites for hydroxylation is 4. The minimum absolute atomic E-state index is 0.0592. The van der Waals surface area contributed by atoms with Gasteiger partial charge in [-0.25, -0.2) is 4.68 Å². The number of nitrogens with zero attached hydrogens (tertiary/aromatic N) is 2. The first-order valence-corrected chi connectivity index (χ1v) is 7.40. The summed E-state index contributed by atoms with van der Waals surface area (Å²) in [4.78, 5) is 0. The Hall–Kier alpha value is -1.52. The first-order chi connectivity index (χ1) is 9.79. The van der Waals surface area contributed by atoms with E-state index in [9.17, 15) is 0 Å². The van der Waals surface area contributed by atoms with Gasteiger partial charge in [0.2, 0.25) is 5.88 Å². The molecular weight excluding hydrogens is 286 g/mol. The molecule has 0 saturated heterocycles. The van der Waals surface area contributed by atoms with Gasteiger partial charge in [-0.1, -0.05) is 11.6 Å². The Bertz CT molecular complexity index is 639. The average Bonchev–Trinajstić information content (AvgIpc) is 2.62. The number of aromatic nitrogens is 2. The highest BCUT2D eigenvalue weighted by Crippen LogP contribution is 2.32. The first-order valence-electron chi connectivity index (χ1n) is 7.02. The molecule has 2 aromatic rings. The van der Waals surface area contributed by atoms with Crippen molar-refractivity contribution in [3.05, 3.63) is 39.5 Å². The van der Waals surface area contributed by atoms with Crippen molar-refractivity contribution in [1.82, 2.24) is 9.78 Å². The number of hydrogen-bond acceptors (Lipinski definition) is 3. The molecule has 5 heteroatoms. The summed E-state index contributed by atoms with van der Waals surface area (Å²) in [7, 11) is 1.88. The third kappa shape index (κ3) is 3.39. The van der Waals surface area contributed by atoms with Crippen LogP contribution in [0.15, 0.2) is 12.1 Å². The molecule has 0 aliphatic carbocycles. The van der Waals surface area contributed by atoms with Crippen molar-refractivity contribution in [1.29, 1.82) is 0 Å². The zero-order valence-electron chi connectivity index (χ0n) is 13.2. The quantitative estimate of drug-likeness (QED) is 0.937. The van der Waals surface area contributed by atoms with Crippen LogP contribution in [0, 0.1) is 20.8 Å². The Morgan fingerprint density at radius 2 is 1.86 bits per heavy atom. The number of halogens is 1. The lowest BCUT2D eigenvalue weighted by atomic mass is 10.1. The van der Waals surface area contributed by atoms with Crippen LogP contribution in [0.25, 0.3) is 0 Å². The van der Waals surface area contributed by atoms with E-state index in [1.807, 2.05) is 46.9 Å². The van der Waals surface area contributed by atoms with Crippen LogP contribution in [0.3, 0.4) is 0 Å². The fraction of sp³-hybridized carbons (Fsp3) is 0.438. The number of hydrogen-bond donors (Lipinski definition) is 1. The molecular formula is C16H22ClN3O. The molecule has 0 aliphatic heterocycles. The highest BCUT2D eigenvalue weighted by molar-refractivity contribution is 6.32. The highest BCUT2D eigenvalue weighted by atomic mass is 35.5. The maximum absolute atomic E-state index is 6.20. The molecule has 0 bridgehead atoms. The summed E-state index contributed by atoms with van der Waals surface area (Å²) >= 11 is 6.20. The van der Waals surface area contributed by atoms with Crippen LogP contribution in [-0.2, 0) is 13.5 Å². The van der Waals surface area contributed by atoms with Crippen LogP contribution in [0.2, 0.25) is 5.02 Å². The molecule has 0 radical (unpaired) electrons. The maximum Gasteiger partial charge on any atom is 0.221 e. The van der Waals surface area contributed by atoms with Gasteiger partial charge in [-0.05, 0) is 57.4 Å². The fourth-order valence-corrected chi connectivity index (χ4v) is 2.55. The Morgan fingerprint density at radius 3 is 2.38 bits per heavy atom. The maximum atomic E-state index is 6.20. The van der Waals surface area contributed by atoms with Crippen LogP contribution in [0.4, 0.5) is 0 Å². The van der Waals surface area contributed by atoms with Gasteiger partial charge in [0.15, 0.2) is 0 Å². The second-order valence-electron chi connectivity index (χ2n) is 5.65. The summed E-state index contributed by atoms with van der Waals surface area (Å²) in [6.45, 7) is 7.90. The molecule has 21 heavy (non-hydrogen) atoms. The van der Waals surface area contributed by atoms with Crippen molar-refractivity contribution in [2.45, 2.75) is 40.2 Å². The molecule has 1 unspecified atom stereocenters. The SMILES string of the molecule is Cc1cc(Oc2c(CC(C)N)c(C)nn2C)cc(C)c1Cl.